The van der Waals surface area contributed by atoms with Crippen molar-refractivity contribution in [3.63, 3.8) is 0 Å². The zero-order valence-electron chi connectivity index (χ0n) is 15.0. The van der Waals surface area contributed by atoms with Crippen LogP contribution in [-0.4, -0.2) is 29.9 Å². The second-order valence-electron chi connectivity index (χ2n) is 6.67. The summed E-state index contributed by atoms with van der Waals surface area (Å²) in [6, 6.07) is 8.76. The Morgan fingerprint density at radius 1 is 1.29 bits per heavy atom. The number of H-pyrrole nitrogens is 1. The minimum atomic E-state index is -3.98. The Kier molecular flexibility index (Phi) is 4.52. The Morgan fingerprint density at radius 2 is 2.11 bits per heavy atom. The first kappa shape index (κ1) is 18.4. The quantitative estimate of drug-likeness (QED) is 0.497. The molecule has 2 heterocycles. The average Bonchev–Trinajstić information content (AvgIpc) is 3.30. The molecule has 1 aromatic heterocycles. The highest BCUT2D eigenvalue weighted by Crippen LogP contribution is 2.29. The number of nitro groups is 1. The molecule has 1 atom stereocenters. The van der Waals surface area contributed by atoms with E-state index in [1.807, 2.05) is 0 Å². The minimum absolute atomic E-state index is 0.0688. The lowest BCUT2D eigenvalue weighted by Crippen LogP contribution is -2.13. The van der Waals surface area contributed by atoms with Crippen LogP contribution in [0.15, 0.2) is 41.3 Å². The molecular formula is C18H18N4O5S. The summed E-state index contributed by atoms with van der Waals surface area (Å²) in [4.78, 5) is 18.0. The van der Waals surface area contributed by atoms with E-state index in [0.717, 1.165) is 24.7 Å². The van der Waals surface area contributed by atoms with E-state index < -0.39 is 14.9 Å². The lowest BCUT2D eigenvalue weighted by Gasteiger charge is -2.08. The Labute approximate surface area is 160 Å². The minimum Gasteiger partial charge on any atom is -0.370 e. The number of sulfonamides is 1. The summed E-state index contributed by atoms with van der Waals surface area (Å²) in [7, 11) is -3.98. The van der Waals surface area contributed by atoms with Gasteiger partial charge in [-0.2, -0.15) is 0 Å². The fraction of sp³-hybridized carbons (Fsp3) is 0.278. The molecule has 1 aliphatic heterocycles. The largest absolute Gasteiger partial charge is 0.370 e. The van der Waals surface area contributed by atoms with Gasteiger partial charge in [-0.05, 0) is 44.0 Å². The number of imidazole rings is 1. The summed E-state index contributed by atoms with van der Waals surface area (Å²) >= 11 is 0. The topological polar surface area (TPSA) is 127 Å². The number of benzene rings is 2. The second kappa shape index (κ2) is 6.88. The van der Waals surface area contributed by atoms with Crippen LogP contribution in [0, 0.1) is 17.0 Å². The molecular weight excluding hydrogens is 384 g/mol. The Bertz CT molecular complexity index is 1170. The van der Waals surface area contributed by atoms with E-state index in [0.29, 0.717) is 28.9 Å². The molecule has 0 spiro atoms. The van der Waals surface area contributed by atoms with Gasteiger partial charge in [-0.15, -0.1) is 0 Å². The molecule has 3 aromatic rings. The monoisotopic (exact) mass is 402 g/mol. The molecule has 1 saturated heterocycles. The fourth-order valence-electron chi connectivity index (χ4n) is 3.21. The van der Waals surface area contributed by atoms with Crippen molar-refractivity contribution in [2.45, 2.75) is 30.8 Å². The number of hydrogen-bond donors (Lipinski definition) is 2. The highest BCUT2D eigenvalue weighted by Gasteiger charge is 2.22. The zero-order chi connectivity index (χ0) is 19.9. The summed E-state index contributed by atoms with van der Waals surface area (Å²) in [6.45, 7) is 2.26. The van der Waals surface area contributed by atoms with E-state index in [1.54, 1.807) is 25.1 Å². The van der Waals surface area contributed by atoms with Crippen molar-refractivity contribution in [3.05, 3.63) is 57.9 Å². The van der Waals surface area contributed by atoms with Crippen molar-refractivity contribution in [1.82, 2.24) is 9.97 Å². The number of anilines is 1. The smallest absolute Gasteiger partial charge is 0.273 e. The van der Waals surface area contributed by atoms with E-state index in [2.05, 4.69) is 14.7 Å². The number of aryl methyl sites for hydroxylation is 1. The van der Waals surface area contributed by atoms with Gasteiger partial charge in [-0.3, -0.25) is 14.8 Å². The Morgan fingerprint density at radius 3 is 2.82 bits per heavy atom. The molecule has 146 valence electrons. The molecule has 10 heteroatoms. The van der Waals surface area contributed by atoms with Crippen LogP contribution < -0.4 is 4.72 Å². The van der Waals surface area contributed by atoms with Gasteiger partial charge in [0, 0.05) is 18.2 Å². The third kappa shape index (κ3) is 3.43. The highest BCUT2D eigenvalue weighted by atomic mass is 32.2. The van der Waals surface area contributed by atoms with Crippen LogP contribution in [-0.2, 0) is 14.8 Å². The molecule has 0 aliphatic carbocycles. The van der Waals surface area contributed by atoms with Gasteiger partial charge in [0.15, 0.2) is 0 Å². The molecule has 0 amide bonds. The Balaban J connectivity index is 1.63. The predicted octanol–water partition coefficient (Wildman–Crippen LogP) is 3.43. The second-order valence-corrected chi connectivity index (χ2v) is 8.35. The summed E-state index contributed by atoms with van der Waals surface area (Å²) in [5, 5.41) is 11.1. The van der Waals surface area contributed by atoms with E-state index in [9.17, 15) is 18.5 Å². The number of nitro benzene ring substituents is 1. The first-order valence-corrected chi connectivity index (χ1v) is 10.2. The van der Waals surface area contributed by atoms with Gasteiger partial charge >= 0.3 is 0 Å². The molecule has 1 fully saturated rings. The summed E-state index contributed by atoms with van der Waals surface area (Å²) in [5.41, 5.74) is 1.87. The first-order chi connectivity index (χ1) is 13.3. The molecule has 9 nitrogen and oxygen atoms in total. The van der Waals surface area contributed by atoms with Crippen LogP contribution in [0.5, 0.6) is 0 Å². The summed E-state index contributed by atoms with van der Waals surface area (Å²) < 4.78 is 33.4. The predicted molar refractivity (Wildman–Crippen MR) is 103 cm³/mol. The highest BCUT2D eigenvalue weighted by molar-refractivity contribution is 7.92. The molecule has 2 aromatic carbocycles. The van der Waals surface area contributed by atoms with Crippen molar-refractivity contribution in [1.29, 1.82) is 0 Å². The van der Waals surface area contributed by atoms with Gasteiger partial charge in [-0.25, -0.2) is 13.4 Å². The van der Waals surface area contributed by atoms with Crippen LogP contribution in [0.4, 0.5) is 11.4 Å². The van der Waals surface area contributed by atoms with Gasteiger partial charge in [0.2, 0.25) is 0 Å². The zero-order valence-corrected chi connectivity index (χ0v) is 15.8. The molecule has 4 rings (SSSR count). The van der Waals surface area contributed by atoms with E-state index in [4.69, 9.17) is 4.74 Å². The standard InChI is InChI=1S/C18H18N4O5S/c1-11-4-6-13(10-16(11)22(23)24)28(25,26)21-12-5-7-14-15(9-12)20-18(19-14)17-3-2-8-27-17/h4-7,9-10,17,21H,2-3,8H2,1H3,(H,19,20). The van der Waals surface area contributed by atoms with Crippen molar-refractivity contribution >= 4 is 32.4 Å². The van der Waals surface area contributed by atoms with Gasteiger partial charge in [0.1, 0.15) is 11.9 Å². The molecule has 0 saturated carbocycles. The number of fused-ring (bicyclic) bond motifs is 1. The van der Waals surface area contributed by atoms with Crippen molar-refractivity contribution in [2.75, 3.05) is 11.3 Å². The first-order valence-electron chi connectivity index (χ1n) is 8.72. The maximum Gasteiger partial charge on any atom is 0.273 e. The average molecular weight is 402 g/mol. The summed E-state index contributed by atoms with van der Waals surface area (Å²) in [6.07, 6.45) is 1.81. The van der Waals surface area contributed by atoms with Crippen LogP contribution in [0.1, 0.15) is 30.3 Å². The van der Waals surface area contributed by atoms with Crippen LogP contribution >= 0.6 is 0 Å². The number of aromatic amines is 1. The lowest BCUT2D eigenvalue weighted by atomic mass is 10.2. The SMILES string of the molecule is Cc1ccc(S(=O)(=O)Nc2ccc3nc(C4CCCO4)[nH]c3c2)cc1[N+](=O)[O-]. The Hall–Kier alpha value is -2.98. The molecule has 0 bridgehead atoms. The number of hydrogen-bond acceptors (Lipinski definition) is 6. The number of aromatic nitrogens is 2. The molecule has 2 N–H and O–H groups in total. The number of ether oxygens (including phenoxy) is 1. The molecule has 1 unspecified atom stereocenters. The van der Waals surface area contributed by atoms with E-state index in [-0.39, 0.29) is 16.7 Å². The summed E-state index contributed by atoms with van der Waals surface area (Å²) in [5.74, 6) is 0.724. The third-order valence-electron chi connectivity index (χ3n) is 4.67. The van der Waals surface area contributed by atoms with E-state index in [1.165, 1.54) is 12.1 Å². The third-order valence-corrected chi connectivity index (χ3v) is 6.05. The van der Waals surface area contributed by atoms with Crippen molar-refractivity contribution < 1.29 is 18.1 Å². The fourth-order valence-corrected chi connectivity index (χ4v) is 4.27. The van der Waals surface area contributed by atoms with Crippen LogP contribution in [0.3, 0.4) is 0 Å². The van der Waals surface area contributed by atoms with Gasteiger partial charge in [0.05, 0.1) is 26.5 Å². The van der Waals surface area contributed by atoms with Crippen molar-refractivity contribution in [2.24, 2.45) is 0 Å². The number of nitrogens with zero attached hydrogens (tertiary/aromatic N) is 2. The number of rotatable bonds is 5. The van der Waals surface area contributed by atoms with Crippen molar-refractivity contribution in [3.8, 4) is 0 Å². The van der Waals surface area contributed by atoms with Crippen LogP contribution in [0.2, 0.25) is 0 Å². The van der Waals surface area contributed by atoms with Crippen LogP contribution in [0.25, 0.3) is 11.0 Å². The molecule has 28 heavy (non-hydrogen) atoms. The van der Waals surface area contributed by atoms with Gasteiger partial charge < -0.3 is 9.72 Å². The molecule has 0 radical (unpaired) electrons. The lowest BCUT2D eigenvalue weighted by molar-refractivity contribution is -0.385. The maximum absolute atomic E-state index is 12.7. The van der Waals surface area contributed by atoms with E-state index >= 15 is 0 Å². The maximum atomic E-state index is 12.7. The normalized spacial score (nSPS) is 17.1. The number of nitrogens with one attached hydrogen (secondary N) is 2. The van der Waals surface area contributed by atoms with Gasteiger partial charge in [0.25, 0.3) is 15.7 Å². The van der Waals surface area contributed by atoms with Gasteiger partial charge in [-0.1, -0.05) is 6.07 Å². The molecule has 1 aliphatic rings.